The molecular formula is C16H18Cl2N2O3. The first-order valence-corrected chi connectivity index (χ1v) is 8.13. The van der Waals surface area contributed by atoms with Gasteiger partial charge in [-0.25, -0.2) is 4.79 Å². The van der Waals surface area contributed by atoms with Crippen molar-refractivity contribution >= 4 is 40.1 Å². The van der Waals surface area contributed by atoms with Gasteiger partial charge in [-0.2, -0.15) is 0 Å². The molecular weight excluding hydrogens is 339 g/mol. The Labute approximate surface area is 144 Å². The lowest BCUT2D eigenvalue weighted by Crippen LogP contribution is -2.28. The van der Waals surface area contributed by atoms with Crippen LogP contribution in [0.4, 0.5) is 0 Å². The Balaban J connectivity index is 2.20. The maximum Gasteiger partial charge on any atom is 0.354 e. The lowest BCUT2D eigenvalue weighted by molar-refractivity contribution is 0.0460. The second kappa shape index (κ2) is 7.81. The van der Waals surface area contributed by atoms with Gasteiger partial charge in [0.15, 0.2) is 5.43 Å². The number of nitrogens with one attached hydrogen (secondary N) is 1. The average molecular weight is 357 g/mol. The summed E-state index contributed by atoms with van der Waals surface area (Å²) >= 11 is 12.0. The number of carbonyl (C=O) groups is 1. The SMILES string of the molecule is CCN(CC)CCOC(=O)c1cc(=O)c2c(Cl)cc(Cl)cc2[nH]1. The third kappa shape index (κ3) is 4.25. The maximum absolute atomic E-state index is 12.1. The summed E-state index contributed by atoms with van der Waals surface area (Å²) in [6, 6.07) is 4.24. The highest BCUT2D eigenvalue weighted by molar-refractivity contribution is 6.38. The van der Waals surface area contributed by atoms with Gasteiger partial charge in [0.25, 0.3) is 0 Å². The quantitative estimate of drug-likeness (QED) is 0.806. The van der Waals surface area contributed by atoms with Gasteiger partial charge in [-0.15, -0.1) is 0 Å². The van der Waals surface area contributed by atoms with Gasteiger partial charge in [0.1, 0.15) is 12.3 Å². The van der Waals surface area contributed by atoms with E-state index in [1.54, 1.807) is 6.07 Å². The molecule has 1 aromatic carbocycles. The summed E-state index contributed by atoms with van der Waals surface area (Å²) in [4.78, 5) is 29.2. The van der Waals surface area contributed by atoms with Crippen LogP contribution in [-0.2, 0) is 4.74 Å². The summed E-state index contributed by atoms with van der Waals surface area (Å²) in [7, 11) is 0. The number of likely N-dealkylation sites (N-methyl/N-ethyl adjacent to an activating group) is 1. The van der Waals surface area contributed by atoms with E-state index in [1.807, 2.05) is 13.8 Å². The summed E-state index contributed by atoms with van der Waals surface area (Å²) in [5.74, 6) is -0.577. The molecule has 0 fully saturated rings. The number of benzene rings is 1. The zero-order chi connectivity index (χ0) is 17.0. The number of fused-ring (bicyclic) bond motifs is 1. The van der Waals surface area contributed by atoms with E-state index in [4.69, 9.17) is 27.9 Å². The Hall–Kier alpha value is -1.56. The molecule has 2 aromatic rings. The highest BCUT2D eigenvalue weighted by Crippen LogP contribution is 2.24. The maximum atomic E-state index is 12.1. The second-order valence-corrected chi connectivity index (χ2v) is 5.86. The Kier molecular flexibility index (Phi) is 6.04. The predicted molar refractivity (Wildman–Crippen MR) is 92.7 cm³/mol. The molecule has 5 nitrogen and oxygen atoms in total. The normalized spacial score (nSPS) is 11.2. The molecule has 0 amide bonds. The molecule has 124 valence electrons. The minimum atomic E-state index is -0.577. The van der Waals surface area contributed by atoms with Gasteiger partial charge >= 0.3 is 5.97 Å². The molecule has 0 bridgehead atoms. The fraction of sp³-hybridized carbons (Fsp3) is 0.375. The smallest absolute Gasteiger partial charge is 0.354 e. The van der Waals surface area contributed by atoms with Crippen LogP contribution in [0.3, 0.4) is 0 Å². The molecule has 0 atom stereocenters. The van der Waals surface area contributed by atoms with Crippen LogP contribution >= 0.6 is 23.2 Å². The molecule has 0 spiro atoms. The number of halogens is 2. The van der Waals surface area contributed by atoms with Crippen molar-refractivity contribution in [3.8, 4) is 0 Å². The minimum absolute atomic E-state index is 0.0837. The molecule has 1 aromatic heterocycles. The van der Waals surface area contributed by atoms with Crippen LogP contribution in [0.25, 0.3) is 10.9 Å². The van der Waals surface area contributed by atoms with Crippen molar-refractivity contribution in [2.24, 2.45) is 0 Å². The van der Waals surface area contributed by atoms with E-state index < -0.39 is 5.97 Å². The standard InChI is InChI=1S/C16H18Cl2N2O3/c1-3-20(4-2)5-6-23-16(22)13-9-14(21)15-11(18)7-10(17)8-12(15)19-13/h7-9H,3-6H2,1-2H3,(H,19,21). The number of esters is 1. The lowest BCUT2D eigenvalue weighted by atomic mass is 10.2. The molecule has 23 heavy (non-hydrogen) atoms. The van der Waals surface area contributed by atoms with E-state index in [2.05, 4.69) is 9.88 Å². The number of H-pyrrole nitrogens is 1. The zero-order valence-electron chi connectivity index (χ0n) is 13.0. The number of hydrogen-bond acceptors (Lipinski definition) is 4. The van der Waals surface area contributed by atoms with E-state index in [-0.39, 0.29) is 22.8 Å². The Morgan fingerprint density at radius 1 is 1.22 bits per heavy atom. The van der Waals surface area contributed by atoms with Crippen molar-refractivity contribution in [3.05, 3.63) is 44.2 Å². The summed E-state index contributed by atoms with van der Waals surface area (Å²) in [5, 5.41) is 0.927. The van der Waals surface area contributed by atoms with Crippen LogP contribution in [0, 0.1) is 0 Å². The third-order valence-electron chi connectivity index (χ3n) is 3.60. The fourth-order valence-electron chi connectivity index (χ4n) is 2.30. The molecule has 0 aliphatic heterocycles. The van der Waals surface area contributed by atoms with Gasteiger partial charge in [-0.1, -0.05) is 37.0 Å². The Morgan fingerprint density at radius 2 is 1.91 bits per heavy atom. The van der Waals surface area contributed by atoms with Crippen molar-refractivity contribution in [2.75, 3.05) is 26.2 Å². The summed E-state index contributed by atoms with van der Waals surface area (Å²) < 4.78 is 5.21. The van der Waals surface area contributed by atoms with Crippen molar-refractivity contribution in [1.29, 1.82) is 0 Å². The van der Waals surface area contributed by atoms with Gasteiger partial charge in [-0.05, 0) is 25.2 Å². The predicted octanol–water partition coefficient (Wildman–Crippen LogP) is 3.33. The molecule has 0 unspecified atom stereocenters. The third-order valence-corrected chi connectivity index (χ3v) is 4.12. The first-order chi connectivity index (χ1) is 11.0. The number of aromatic nitrogens is 1. The molecule has 0 aliphatic carbocycles. The highest BCUT2D eigenvalue weighted by Gasteiger charge is 2.14. The summed E-state index contributed by atoms with van der Waals surface area (Å²) in [6.07, 6.45) is 0. The molecule has 1 N–H and O–H groups in total. The molecule has 7 heteroatoms. The molecule has 0 saturated carbocycles. The van der Waals surface area contributed by atoms with Gasteiger partial charge in [0, 0.05) is 17.6 Å². The van der Waals surface area contributed by atoms with Crippen molar-refractivity contribution in [1.82, 2.24) is 9.88 Å². The second-order valence-electron chi connectivity index (χ2n) is 5.02. The van der Waals surface area contributed by atoms with Crippen LogP contribution in [0.5, 0.6) is 0 Å². The van der Waals surface area contributed by atoms with Crippen LogP contribution in [0.15, 0.2) is 23.0 Å². The molecule has 0 aliphatic rings. The van der Waals surface area contributed by atoms with Gasteiger partial charge in [-0.3, -0.25) is 4.79 Å². The molecule has 2 rings (SSSR count). The first kappa shape index (κ1) is 17.8. The number of carbonyl (C=O) groups excluding carboxylic acids is 1. The number of nitrogens with zero attached hydrogens (tertiary/aromatic N) is 1. The number of pyridine rings is 1. The van der Waals surface area contributed by atoms with Crippen molar-refractivity contribution < 1.29 is 9.53 Å². The summed E-state index contributed by atoms with van der Waals surface area (Å²) in [6.45, 7) is 6.76. The number of aromatic amines is 1. The summed E-state index contributed by atoms with van der Waals surface area (Å²) in [5.41, 5.74) is 0.141. The van der Waals surface area contributed by atoms with E-state index in [0.717, 1.165) is 13.1 Å². The molecule has 0 saturated heterocycles. The van der Waals surface area contributed by atoms with Gasteiger partial charge in [0.2, 0.25) is 0 Å². The van der Waals surface area contributed by atoms with E-state index >= 15 is 0 Å². The van der Waals surface area contributed by atoms with Crippen LogP contribution < -0.4 is 5.43 Å². The van der Waals surface area contributed by atoms with E-state index in [0.29, 0.717) is 22.5 Å². The first-order valence-electron chi connectivity index (χ1n) is 7.37. The van der Waals surface area contributed by atoms with E-state index in [9.17, 15) is 9.59 Å². The van der Waals surface area contributed by atoms with Gasteiger partial charge in [0.05, 0.1) is 15.9 Å². The largest absolute Gasteiger partial charge is 0.460 e. The lowest BCUT2D eigenvalue weighted by Gasteiger charge is -2.17. The Morgan fingerprint density at radius 3 is 2.57 bits per heavy atom. The number of ether oxygens (including phenoxy) is 1. The van der Waals surface area contributed by atoms with Crippen molar-refractivity contribution in [2.45, 2.75) is 13.8 Å². The van der Waals surface area contributed by atoms with Crippen LogP contribution in [0.2, 0.25) is 10.0 Å². The fourth-order valence-corrected chi connectivity index (χ4v) is 2.89. The molecule has 1 heterocycles. The topological polar surface area (TPSA) is 62.4 Å². The Bertz CT molecular complexity index is 770. The minimum Gasteiger partial charge on any atom is -0.460 e. The zero-order valence-corrected chi connectivity index (χ0v) is 14.5. The van der Waals surface area contributed by atoms with Crippen LogP contribution in [-0.4, -0.2) is 42.1 Å². The van der Waals surface area contributed by atoms with Crippen LogP contribution in [0.1, 0.15) is 24.3 Å². The number of rotatable bonds is 6. The van der Waals surface area contributed by atoms with Gasteiger partial charge < -0.3 is 14.6 Å². The highest BCUT2D eigenvalue weighted by atomic mass is 35.5. The van der Waals surface area contributed by atoms with Crippen molar-refractivity contribution in [3.63, 3.8) is 0 Å². The molecule has 0 radical (unpaired) electrons. The van der Waals surface area contributed by atoms with E-state index in [1.165, 1.54) is 12.1 Å². The number of hydrogen-bond donors (Lipinski definition) is 1. The average Bonchev–Trinajstić information content (AvgIpc) is 2.50. The monoisotopic (exact) mass is 356 g/mol.